The molecule has 1 aromatic heterocycles. The van der Waals surface area contributed by atoms with E-state index in [1.807, 2.05) is 6.07 Å². The molecule has 2 nitrogen and oxygen atoms in total. The van der Waals surface area contributed by atoms with Crippen molar-refractivity contribution in [3.63, 3.8) is 0 Å². The van der Waals surface area contributed by atoms with Gasteiger partial charge in [-0.1, -0.05) is 23.7 Å². The first-order valence-corrected chi connectivity index (χ1v) is 6.76. The van der Waals surface area contributed by atoms with E-state index in [-0.39, 0.29) is 12.4 Å². The lowest BCUT2D eigenvalue weighted by molar-refractivity contribution is -0.133. The maximum Gasteiger partial charge on any atom is 0.339 e. The van der Waals surface area contributed by atoms with Crippen molar-refractivity contribution in [2.24, 2.45) is 0 Å². The monoisotopic (exact) mass is 294 g/mol. The first kappa shape index (κ1) is 12.4. The minimum Gasteiger partial charge on any atom is -0.457 e. The number of cyclic esters (lactones) is 1. The Morgan fingerprint density at radius 2 is 2.11 bits per heavy atom. The van der Waals surface area contributed by atoms with Gasteiger partial charge in [0.2, 0.25) is 0 Å². The fourth-order valence-electron chi connectivity index (χ4n) is 2.01. The Kier molecular flexibility index (Phi) is 3.12. The van der Waals surface area contributed by atoms with Gasteiger partial charge < -0.3 is 4.74 Å². The molecule has 1 aromatic carbocycles. The molecule has 0 N–H and O–H groups in total. The second kappa shape index (κ2) is 4.79. The lowest BCUT2D eigenvalue weighted by Crippen LogP contribution is -1.98. The summed E-state index contributed by atoms with van der Waals surface area (Å²) in [5, 5.41) is 0. The van der Waals surface area contributed by atoms with Crippen LogP contribution >= 0.6 is 22.9 Å². The molecule has 0 bridgehead atoms. The van der Waals surface area contributed by atoms with Crippen molar-refractivity contribution in [2.45, 2.75) is 0 Å². The second-order valence-electron chi connectivity index (χ2n) is 4.04. The topological polar surface area (TPSA) is 26.3 Å². The number of esters is 1. The molecule has 0 unspecified atom stereocenters. The molecule has 0 atom stereocenters. The highest BCUT2D eigenvalue weighted by atomic mass is 35.5. The molecule has 19 heavy (non-hydrogen) atoms. The lowest BCUT2D eigenvalue weighted by atomic mass is 10.0. The number of rotatable bonds is 2. The van der Waals surface area contributed by atoms with Gasteiger partial charge in [-0.3, -0.25) is 0 Å². The van der Waals surface area contributed by atoms with E-state index in [1.54, 1.807) is 18.2 Å². The molecule has 1 aliphatic rings. The highest BCUT2D eigenvalue weighted by Crippen LogP contribution is 2.37. The third-order valence-electron chi connectivity index (χ3n) is 2.84. The fraction of sp³-hybridized carbons (Fsp3) is 0.0714. The Morgan fingerprint density at radius 1 is 1.26 bits per heavy atom. The van der Waals surface area contributed by atoms with Crippen molar-refractivity contribution in [2.75, 3.05) is 6.61 Å². The largest absolute Gasteiger partial charge is 0.457 e. The van der Waals surface area contributed by atoms with Crippen LogP contribution in [0.5, 0.6) is 0 Å². The highest BCUT2D eigenvalue weighted by Gasteiger charge is 2.28. The molecular formula is C14H8ClFO2S. The van der Waals surface area contributed by atoms with Crippen LogP contribution in [0.25, 0.3) is 11.1 Å². The molecule has 0 saturated carbocycles. The number of carbonyl (C=O) groups excluding carboxylic acids is 1. The van der Waals surface area contributed by atoms with Crippen LogP contribution in [0.4, 0.5) is 4.39 Å². The van der Waals surface area contributed by atoms with Gasteiger partial charge in [0, 0.05) is 10.5 Å². The van der Waals surface area contributed by atoms with Gasteiger partial charge in [0.05, 0.1) is 9.91 Å². The minimum atomic E-state index is -0.426. The van der Waals surface area contributed by atoms with Gasteiger partial charge in [0.15, 0.2) is 0 Å². The molecule has 0 amide bonds. The number of hydrogen-bond donors (Lipinski definition) is 0. The quantitative estimate of drug-likeness (QED) is 0.782. The van der Waals surface area contributed by atoms with Gasteiger partial charge in [-0.15, -0.1) is 11.3 Å². The van der Waals surface area contributed by atoms with E-state index in [2.05, 4.69) is 0 Å². The van der Waals surface area contributed by atoms with Gasteiger partial charge in [0.25, 0.3) is 0 Å². The third kappa shape index (κ3) is 2.29. The summed E-state index contributed by atoms with van der Waals surface area (Å²) in [7, 11) is 0. The Bertz CT molecular complexity index is 690. The zero-order valence-electron chi connectivity index (χ0n) is 9.65. The molecule has 2 aromatic rings. The van der Waals surface area contributed by atoms with Crippen LogP contribution < -0.4 is 0 Å². The highest BCUT2D eigenvalue weighted by molar-refractivity contribution is 7.17. The van der Waals surface area contributed by atoms with Crippen LogP contribution in [0, 0.1) is 5.82 Å². The van der Waals surface area contributed by atoms with Gasteiger partial charge >= 0.3 is 5.97 Å². The van der Waals surface area contributed by atoms with Crippen LogP contribution in [-0.2, 0) is 9.53 Å². The van der Waals surface area contributed by atoms with Gasteiger partial charge in [0.1, 0.15) is 12.4 Å². The van der Waals surface area contributed by atoms with Crippen molar-refractivity contribution in [3.8, 4) is 0 Å². The molecule has 0 fully saturated rings. The molecule has 0 spiro atoms. The van der Waals surface area contributed by atoms with Gasteiger partial charge in [-0.2, -0.15) is 0 Å². The molecule has 5 heteroatoms. The van der Waals surface area contributed by atoms with Crippen LogP contribution in [0.15, 0.2) is 36.4 Å². The predicted molar refractivity (Wildman–Crippen MR) is 73.5 cm³/mol. The molecule has 0 saturated heterocycles. The maximum atomic E-state index is 13.3. The Labute approximate surface area is 118 Å². The lowest BCUT2D eigenvalue weighted by Gasteiger charge is -2.02. The zero-order valence-corrected chi connectivity index (χ0v) is 11.2. The summed E-state index contributed by atoms with van der Waals surface area (Å²) in [4.78, 5) is 12.7. The zero-order chi connectivity index (χ0) is 13.4. The molecular weight excluding hydrogens is 287 g/mol. The number of thiophene rings is 1. The molecule has 0 aliphatic carbocycles. The Hall–Kier alpha value is -1.65. The van der Waals surface area contributed by atoms with Crippen molar-refractivity contribution in [1.29, 1.82) is 0 Å². The summed E-state index contributed by atoms with van der Waals surface area (Å²) >= 11 is 7.28. The average molecular weight is 295 g/mol. The summed E-state index contributed by atoms with van der Waals surface area (Å²) in [5.41, 5.74) is 1.70. The number of hydrogen-bond acceptors (Lipinski definition) is 3. The smallest absolute Gasteiger partial charge is 0.339 e. The second-order valence-corrected chi connectivity index (χ2v) is 5.76. The summed E-state index contributed by atoms with van der Waals surface area (Å²) in [5.74, 6) is -0.807. The number of benzene rings is 1. The van der Waals surface area contributed by atoms with E-state index < -0.39 is 5.97 Å². The number of carbonyl (C=O) groups is 1. The summed E-state index contributed by atoms with van der Waals surface area (Å²) in [6, 6.07) is 9.54. The van der Waals surface area contributed by atoms with Crippen molar-refractivity contribution >= 4 is 40.1 Å². The van der Waals surface area contributed by atoms with E-state index >= 15 is 0 Å². The molecule has 0 radical (unpaired) electrons. The van der Waals surface area contributed by atoms with Crippen molar-refractivity contribution in [3.05, 3.63) is 57.0 Å². The number of halogens is 2. The molecule has 2 heterocycles. The summed E-state index contributed by atoms with van der Waals surface area (Å²) in [6.07, 6.45) is 0. The standard InChI is InChI=1S/C14H8ClFO2S/c15-12-5-4-11(19-12)10-7-18-14(17)13(10)8-2-1-3-9(16)6-8/h1-6H,7H2. The SMILES string of the molecule is O=C1OCC(c2ccc(Cl)s2)=C1c1cccc(F)c1. The van der Waals surface area contributed by atoms with E-state index in [9.17, 15) is 9.18 Å². The van der Waals surface area contributed by atoms with Gasteiger partial charge in [-0.05, 0) is 29.8 Å². The third-order valence-corrected chi connectivity index (χ3v) is 4.13. The van der Waals surface area contributed by atoms with E-state index in [0.717, 1.165) is 10.5 Å². The fourth-order valence-corrected chi connectivity index (χ4v) is 3.09. The van der Waals surface area contributed by atoms with Crippen LogP contribution in [-0.4, -0.2) is 12.6 Å². The van der Waals surface area contributed by atoms with Gasteiger partial charge in [-0.25, -0.2) is 9.18 Å². The van der Waals surface area contributed by atoms with E-state index in [0.29, 0.717) is 15.5 Å². The molecule has 96 valence electrons. The average Bonchev–Trinajstić information content (AvgIpc) is 2.95. The maximum absolute atomic E-state index is 13.3. The van der Waals surface area contributed by atoms with Crippen LogP contribution in [0.2, 0.25) is 4.34 Å². The summed E-state index contributed by atoms with van der Waals surface area (Å²) < 4.78 is 19.0. The first-order valence-electron chi connectivity index (χ1n) is 5.57. The Morgan fingerprint density at radius 3 is 2.79 bits per heavy atom. The molecule has 3 rings (SSSR count). The minimum absolute atomic E-state index is 0.196. The van der Waals surface area contributed by atoms with E-state index in [1.165, 1.54) is 23.5 Å². The Balaban J connectivity index is 2.16. The van der Waals surface area contributed by atoms with Crippen LogP contribution in [0.3, 0.4) is 0 Å². The summed E-state index contributed by atoms with van der Waals surface area (Å²) in [6.45, 7) is 0.196. The van der Waals surface area contributed by atoms with Crippen molar-refractivity contribution < 1.29 is 13.9 Å². The predicted octanol–water partition coefficient (Wildman–Crippen LogP) is 4.01. The number of ether oxygens (including phenoxy) is 1. The van der Waals surface area contributed by atoms with Crippen molar-refractivity contribution in [1.82, 2.24) is 0 Å². The normalized spacial score (nSPS) is 14.9. The van der Waals surface area contributed by atoms with E-state index in [4.69, 9.17) is 16.3 Å². The first-order chi connectivity index (χ1) is 9.15. The van der Waals surface area contributed by atoms with Crippen LogP contribution in [0.1, 0.15) is 10.4 Å². The molecule has 1 aliphatic heterocycles.